The van der Waals surface area contributed by atoms with E-state index in [4.69, 9.17) is 0 Å². The van der Waals surface area contributed by atoms with Gasteiger partial charge in [-0.2, -0.15) is 0 Å². The second-order valence-corrected chi connectivity index (χ2v) is 5.05. The highest BCUT2D eigenvalue weighted by Gasteiger charge is 2.15. The number of carbonyl (C=O) groups excluding carboxylic acids is 2. The van der Waals surface area contributed by atoms with Gasteiger partial charge in [-0.25, -0.2) is 4.39 Å². The number of amides is 2. The van der Waals surface area contributed by atoms with Crippen molar-refractivity contribution in [1.29, 1.82) is 0 Å². The van der Waals surface area contributed by atoms with Gasteiger partial charge in [0.2, 0.25) is 0 Å². The first-order valence-electron chi connectivity index (χ1n) is 5.59. The third-order valence-corrected chi connectivity index (χ3v) is 2.72. The van der Waals surface area contributed by atoms with Gasteiger partial charge in [-0.15, -0.1) is 0 Å². The van der Waals surface area contributed by atoms with Crippen LogP contribution in [0, 0.1) is 5.82 Å². The Labute approximate surface area is 119 Å². The van der Waals surface area contributed by atoms with E-state index in [-0.39, 0.29) is 5.69 Å². The van der Waals surface area contributed by atoms with Gasteiger partial charge in [0.05, 0.1) is 5.69 Å². The molecule has 0 aliphatic rings. The fourth-order valence-electron chi connectivity index (χ4n) is 1.24. The maximum atomic E-state index is 13.4. The number of nitrogens with one attached hydrogen (secondary N) is 2. The van der Waals surface area contributed by atoms with E-state index in [9.17, 15) is 14.0 Å². The van der Waals surface area contributed by atoms with Crippen LogP contribution < -0.4 is 10.6 Å². The molecule has 2 N–H and O–H groups in total. The van der Waals surface area contributed by atoms with Crippen LogP contribution in [0.2, 0.25) is 0 Å². The normalized spacial score (nSPS) is 10.4. The second-order valence-electron chi connectivity index (χ2n) is 4.14. The first kappa shape index (κ1) is 15.6. The molecule has 0 aliphatic heterocycles. The topological polar surface area (TPSA) is 61.4 Å². The molecular formula is C12H15BrFN3O2. The van der Waals surface area contributed by atoms with Gasteiger partial charge in [0, 0.05) is 17.6 Å². The average Bonchev–Trinajstić information content (AvgIpc) is 2.32. The number of carbonyl (C=O) groups is 2. The zero-order chi connectivity index (χ0) is 14.4. The summed E-state index contributed by atoms with van der Waals surface area (Å²) in [6, 6.07) is 4.16. The Hall–Kier alpha value is -1.47. The fraction of sp³-hybridized carbons (Fsp3) is 0.333. The van der Waals surface area contributed by atoms with Crippen molar-refractivity contribution in [1.82, 2.24) is 10.2 Å². The summed E-state index contributed by atoms with van der Waals surface area (Å²) in [6.07, 6.45) is 0. The van der Waals surface area contributed by atoms with Crippen molar-refractivity contribution < 1.29 is 14.0 Å². The number of nitrogens with zero attached hydrogens (tertiary/aromatic N) is 1. The van der Waals surface area contributed by atoms with E-state index in [1.165, 1.54) is 12.1 Å². The summed E-state index contributed by atoms with van der Waals surface area (Å²) < 4.78 is 14.0. The second kappa shape index (κ2) is 7.20. The molecular weight excluding hydrogens is 317 g/mol. The highest BCUT2D eigenvalue weighted by molar-refractivity contribution is 9.10. The highest BCUT2D eigenvalue weighted by Crippen LogP contribution is 2.19. The monoisotopic (exact) mass is 331 g/mol. The molecule has 5 nitrogen and oxygen atoms in total. The van der Waals surface area contributed by atoms with Crippen LogP contribution in [-0.4, -0.2) is 43.9 Å². The van der Waals surface area contributed by atoms with Gasteiger partial charge in [-0.05, 0) is 32.3 Å². The van der Waals surface area contributed by atoms with Gasteiger partial charge >= 0.3 is 11.8 Å². The Bertz CT molecular complexity index is 480. The number of likely N-dealkylation sites (N-methyl/N-ethyl adjacent to an activating group) is 1. The summed E-state index contributed by atoms with van der Waals surface area (Å²) in [6.45, 7) is 0.966. The lowest BCUT2D eigenvalue weighted by Gasteiger charge is -2.10. The van der Waals surface area contributed by atoms with Gasteiger partial charge in [0.1, 0.15) is 5.82 Å². The van der Waals surface area contributed by atoms with Crippen LogP contribution in [0.4, 0.5) is 10.1 Å². The van der Waals surface area contributed by atoms with E-state index < -0.39 is 17.6 Å². The molecule has 2 amide bonds. The Kier molecular flexibility index (Phi) is 5.91. The molecule has 0 spiro atoms. The lowest BCUT2D eigenvalue weighted by Crippen LogP contribution is -2.38. The molecule has 7 heteroatoms. The smallest absolute Gasteiger partial charge is 0.313 e. The van der Waals surface area contributed by atoms with E-state index in [1.54, 1.807) is 6.07 Å². The van der Waals surface area contributed by atoms with Crippen LogP contribution in [0.3, 0.4) is 0 Å². The van der Waals surface area contributed by atoms with E-state index in [1.807, 2.05) is 19.0 Å². The van der Waals surface area contributed by atoms with E-state index in [2.05, 4.69) is 26.6 Å². The number of anilines is 1. The molecule has 0 fully saturated rings. The van der Waals surface area contributed by atoms with Gasteiger partial charge in [0.15, 0.2) is 0 Å². The van der Waals surface area contributed by atoms with E-state index >= 15 is 0 Å². The quantitative estimate of drug-likeness (QED) is 0.815. The van der Waals surface area contributed by atoms with Crippen molar-refractivity contribution in [2.75, 3.05) is 32.5 Å². The number of halogens is 2. The van der Waals surface area contributed by atoms with Crippen LogP contribution in [0.1, 0.15) is 0 Å². The van der Waals surface area contributed by atoms with Gasteiger partial charge < -0.3 is 15.5 Å². The average molecular weight is 332 g/mol. The van der Waals surface area contributed by atoms with Gasteiger partial charge in [-0.3, -0.25) is 9.59 Å². The minimum absolute atomic E-state index is 0.0315. The molecule has 0 aliphatic carbocycles. The molecule has 0 heterocycles. The summed E-state index contributed by atoms with van der Waals surface area (Å²) in [5, 5.41) is 4.66. The molecule has 19 heavy (non-hydrogen) atoms. The maximum absolute atomic E-state index is 13.4. The SMILES string of the molecule is CN(C)CCNC(=O)C(=O)Nc1ccc(Br)cc1F. The summed E-state index contributed by atoms with van der Waals surface area (Å²) >= 11 is 3.10. The summed E-state index contributed by atoms with van der Waals surface area (Å²) in [5.41, 5.74) is -0.0315. The van der Waals surface area contributed by atoms with Crippen molar-refractivity contribution in [3.8, 4) is 0 Å². The van der Waals surface area contributed by atoms with Crippen LogP contribution >= 0.6 is 15.9 Å². The van der Waals surface area contributed by atoms with Crippen LogP contribution in [0.5, 0.6) is 0 Å². The molecule has 104 valence electrons. The van der Waals surface area contributed by atoms with E-state index in [0.29, 0.717) is 17.6 Å². The molecule has 0 aromatic heterocycles. The van der Waals surface area contributed by atoms with Crippen molar-refractivity contribution in [2.24, 2.45) is 0 Å². The third-order valence-electron chi connectivity index (χ3n) is 2.23. The van der Waals surface area contributed by atoms with Crippen molar-refractivity contribution in [2.45, 2.75) is 0 Å². The molecule has 1 aromatic rings. The Balaban J connectivity index is 2.52. The molecule has 0 unspecified atom stereocenters. The molecule has 0 radical (unpaired) electrons. The third kappa shape index (κ3) is 5.35. The zero-order valence-electron chi connectivity index (χ0n) is 10.7. The van der Waals surface area contributed by atoms with Crippen molar-refractivity contribution in [3.05, 3.63) is 28.5 Å². The number of hydrogen-bond donors (Lipinski definition) is 2. The minimum atomic E-state index is -0.889. The fourth-order valence-corrected chi connectivity index (χ4v) is 1.58. The lowest BCUT2D eigenvalue weighted by molar-refractivity contribution is -0.136. The predicted molar refractivity (Wildman–Crippen MR) is 74.3 cm³/mol. The molecule has 1 aromatic carbocycles. The van der Waals surface area contributed by atoms with E-state index in [0.717, 1.165) is 0 Å². The minimum Gasteiger partial charge on any atom is -0.347 e. The zero-order valence-corrected chi connectivity index (χ0v) is 12.3. The standard InChI is InChI=1S/C12H15BrFN3O2/c1-17(2)6-5-15-11(18)12(19)16-10-4-3-8(13)7-9(10)14/h3-4,7H,5-6H2,1-2H3,(H,15,18)(H,16,19). The molecule has 0 saturated heterocycles. The lowest BCUT2D eigenvalue weighted by atomic mass is 10.3. The Morgan fingerprint density at radius 1 is 1.32 bits per heavy atom. The number of rotatable bonds is 4. The van der Waals surface area contributed by atoms with Crippen LogP contribution in [-0.2, 0) is 9.59 Å². The summed E-state index contributed by atoms with van der Waals surface area (Å²) in [4.78, 5) is 24.8. The number of hydrogen-bond acceptors (Lipinski definition) is 3. The molecule has 0 saturated carbocycles. The van der Waals surface area contributed by atoms with Crippen LogP contribution in [0.25, 0.3) is 0 Å². The summed E-state index contributed by atoms with van der Waals surface area (Å²) in [5.74, 6) is -2.28. The maximum Gasteiger partial charge on any atom is 0.313 e. The van der Waals surface area contributed by atoms with Crippen LogP contribution in [0.15, 0.2) is 22.7 Å². The molecule has 0 atom stereocenters. The van der Waals surface area contributed by atoms with Gasteiger partial charge in [0.25, 0.3) is 0 Å². The van der Waals surface area contributed by atoms with Crippen molar-refractivity contribution >= 4 is 33.4 Å². The predicted octanol–water partition coefficient (Wildman–Crippen LogP) is 1.20. The van der Waals surface area contributed by atoms with Gasteiger partial charge in [-0.1, -0.05) is 15.9 Å². The largest absolute Gasteiger partial charge is 0.347 e. The highest BCUT2D eigenvalue weighted by atomic mass is 79.9. The molecule has 1 rings (SSSR count). The van der Waals surface area contributed by atoms with Crippen molar-refractivity contribution in [3.63, 3.8) is 0 Å². The number of benzene rings is 1. The molecule has 0 bridgehead atoms. The Morgan fingerprint density at radius 2 is 2.00 bits per heavy atom. The summed E-state index contributed by atoms with van der Waals surface area (Å²) in [7, 11) is 3.70. The first-order chi connectivity index (χ1) is 8.90. The first-order valence-corrected chi connectivity index (χ1v) is 6.38. The Morgan fingerprint density at radius 3 is 2.58 bits per heavy atom.